The zero-order chi connectivity index (χ0) is 18.0. The smallest absolute Gasteiger partial charge is 0.270 e. The largest absolute Gasteiger partial charge is 0.366 e. The first-order chi connectivity index (χ1) is 12.8. The van der Waals surface area contributed by atoms with Gasteiger partial charge in [-0.3, -0.25) is 4.79 Å². The van der Waals surface area contributed by atoms with Crippen molar-refractivity contribution in [2.45, 2.75) is 19.4 Å². The van der Waals surface area contributed by atoms with Gasteiger partial charge < -0.3 is 10.6 Å². The number of carbonyl (C=O) groups excluding carboxylic acids is 1. The number of carbonyl (C=O) groups is 1. The predicted molar refractivity (Wildman–Crippen MR) is 103 cm³/mol. The number of rotatable bonds is 8. The predicted octanol–water partition coefficient (Wildman–Crippen LogP) is 3.45. The topological polar surface area (TPSA) is 66.9 Å². The molecule has 0 unspecified atom stereocenters. The van der Waals surface area contributed by atoms with E-state index < -0.39 is 0 Å². The standard InChI is InChI=1S/C21H22N4O/c26-21(22-13-7-12-17-8-3-1-4-9-17)19-14-20(25-16-24-19)23-15-18-10-5-2-6-11-18/h1-6,8-11,14,16H,7,12-13,15H2,(H,22,26)(H,23,24,25). The SMILES string of the molecule is O=C(NCCCc1ccccc1)c1cc(NCc2ccccc2)ncn1. The Morgan fingerprint density at radius 2 is 1.58 bits per heavy atom. The number of aryl methyl sites for hydroxylation is 1. The number of hydrogen-bond acceptors (Lipinski definition) is 4. The van der Waals surface area contributed by atoms with Crippen molar-refractivity contribution < 1.29 is 4.79 Å². The number of benzene rings is 2. The van der Waals surface area contributed by atoms with E-state index >= 15 is 0 Å². The van der Waals surface area contributed by atoms with Crippen molar-refractivity contribution in [2.75, 3.05) is 11.9 Å². The fraction of sp³-hybridized carbons (Fsp3) is 0.190. The average Bonchev–Trinajstić information content (AvgIpc) is 2.71. The Morgan fingerprint density at radius 3 is 2.31 bits per heavy atom. The van der Waals surface area contributed by atoms with Crippen molar-refractivity contribution in [3.8, 4) is 0 Å². The van der Waals surface area contributed by atoms with Gasteiger partial charge in [-0.1, -0.05) is 60.7 Å². The molecule has 1 aromatic heterocycles. The summed E-state index contributed by atoms with van der Waals surface area (Å²) in [6, 6.07) is 22.0. The lowest BCUT2D eigenvalue weighted by Gasteiger charge is -2.08. The third-order valence-corrected chi connectivity index (χ3v) is 3.99. The number of aromatic nitrogens is 2. The molecule has 0 atom stereocenters. The first-order valence-electron chi connectivity index (χ1n) is 8.73. The van der Waals surface area contributed by atoms with Crippen LogP contribution in [0.1, 0.15) is 28.0 Å². The van der Waals surface area contributed by atoms with Crippen LogP contribution in [-0.2, 0) is 13.0 Å². The molecule has 0 bridgehead atoms. The van der Waals surface area contributed by atoms with Gasteiger partial charge >= 0.3 is 0 Å². The molecule has 0 radical (unpaired) electrons. The maximum Gasteiger partial charge on any atom is 0.270 e. The Labute approximate surface area is 153 Å². The van der Waals surface area contributed by atoms with Crippen molar-refractivity contribution in [1.29, 1.82) is 0 Å². The fourth-order valence-corrected chi connectivity index (χ4v) is 2.60. The van der Waals surface area contributed by atoms with Crippen LogP contribution in [0.3, 0.4) is 0 Å². The van der Waals surface area contributed by atoms with Crippen molar-refractivity contribution in [3.63, 3.8) is 0 Å². The quantitative estimate of drug-likeness (QED) is 0.613. The van der Waals surface area contributed by atoms with Gasteiger partial charge in [-0.15, -0.1) is 0 Å². The van der Waals surface area contributed by atoms with Crippen LogP contribution < -0.4 is 10.6 Å². The molecule has 0 fully saturated rings. The van der Waals surface area contributed by atoms with E-state index in [4.69, 9.17) is 0 Å². The van der Waals surface area contributed by atoms with Gasteiger partial charge in [0, 0.05) is 19.2 Å². The van der Waals surface area contributed by atoms with Crippen molar-refractivity contribution in [1.82, 2.24) is 15.3 Å². The van der Waals surface area contributed by atoms with Crippen LogP contribution in [0, 0.1) is 0 Å². The molecule has 0 saturated carbocycles. The fourth-order valence-electron chi connectivity index (χ4n) is 2.60. The Kier molecular flexibility index (Phi) is 6.31. The number of nitrogens with one attached hydrogen (secondary N) is 2. The van der Waals surface area contributed by atoms with Crippen LogP contribution >= 0.6 is 0 Å². The molecule has 3 rings (SSSR count). The van der Waals surface area contributed by atoms with Gasteiger partial charge in [-0.2, -0.15) is 0 Å². The Bertz CT molecular complexity index is 822. The molecule has 5 heteroatoms. The summed E-state index contributed by atoms with van der Waals surface area (Å²) < 4.78 is 0. The highest BCUT2D eigenvalue weighted by molar-refractivity contribution is 5.92. The Balaban J connectivity index is 1.46. The second-order valence-corrected chi connectivity index (χ2v) is 5.97. The summed E-state index contributed by atoms with van der Waals surface area (Å²) >= 11 is 0. The summed E-state index contributed by atoms with van der Waals surface area (Å²) in [6.07, 6.45) is 3.24. The van der Waals surface area contributed by atoms with Crippen LogP contribution in [0.25, 0.3) is 0 Å². The van der Waals surface area contributed by atoms with E-state index in [1.54, 1.807) is 6.07 Å². The lowest BCUT2D eigenvalue weighted by atomic mass is 10.1. The Hall–Kier alpha value is -3.21. The summed E-state index contributed by atoms with van der Waals surface area (Å²) in [4.78, 5) is 20.5. The molecule has 0 aliphatic heterocycles. The van der Waals surface area contributed by atoms with Crippen LogP contribution in [0.15, 0.2) is 73.1 Å². The molecule has 0 saturated heterocycles. The monoisotopic (exact) mass is 346 g/mol. The minimum atomic E-state index is -0.178. The first-order valence-corrected chi connectivity index (χ1v) is 8.73. The van der Waals surface area contributed by atoms with E-state index in [0.717, 1.165) is 18.4 Å². The highest BCUT2D eigenvalue weighted by Crippen LogP contribution is 2.07. The molecule has 0 spiro atoms. The molecule has 5 nitrogen and oxygen atoms in total. The van der Waals surface area contributed by atoms with Gasteiger partial charge in [-0.25, -0.2) is 9.97 Å². The van der Waals surface area contributed by atoms with Gasteiger partial charge in [0.15, 0.2) is 0 Å². The highest BCUT2D eigenvalue weighted by Gasteiger charge is 2.08. The second kappa shape index (κ2) is 9.32. The summed E-state index contributed by atoms with van der Waals surface area (Å²) in [5.74, 6) is 0.460. The first kappa shape index (κ1) is 17.6. The van der Waals surface area contributed by atoms with E-state index in [0.29, 0.717) is 24.6 Å². The van der Waals surface area contributed by atoms with Crippen molar-refractivity contribution in [3.05, 3.63) is 89.9 Å². The average molecular weight is 346 g/mol. The molecule has 0 aliphatic rings. The number of hydrogen-bond donors (Lipinski definition) is 2. The van der Waals surface area contributed by atoms with E-state index in [1.165, 1.54) is 11.9 Å². The number of anilines is 1. The maximum absolute atomic E-state index is 12.3. The summed E-state index contributed by atoms with van der Waals surface area (Å²) in [7, 11) is 0. The van der Waals surface area contributed by atoms with E-state index in [-0.39, 0.29) is 5.91 Å². The molecule has 1 amide bonds. The normalized spacial score (nSPS) is 10.3. The van der Waals surface area contributed by atoms with Crippen molar-refractivity contribution in [2.24, 2.45) is 0 Å². The zero-order valence-electron chi connectivity index (χ0n) is 14.6. The van der Waals surface area contributed by atoms with Crippen LogP contribution in [0.4, 0.5) is 5.82 Å². The Morgan fingerprint density at radius 1 is 0.885 bits per heavy atom. The summed E-state index contributed by atoms with van der Waals surface area (Å²) in [5.41, 5.74) is 2.80. The molecule has 1 heterocycles. The lowest BCUT2D eigenvalue weighted by molar-refractivity contribution is 0.0948. The van der Waals surface area contributed by atoms with Gasteiger partial charge in [0.1, 0.15) is 17.8 Å². The third kappa shape index (κ3) is 5.41. The molecule has 2 N–H and O–H groups in total. The highest BCUT2D eigenvalue weighted by atomic mass is 16.1. The van der Waals surface area contributed by atoms with Crippen LogP contribution in [0.5, 0.6) is 0 Å². The lowest BCUT2D eigenvalue weighted by Crippen LogP contribution is -2.26. The van der Waals surface area contributed by atoms with Gasteiger partial charge in [0.25, 0.3) is 5.91 Å². The molecular weight excluding hydrogens is 324 g/mol. The number of amides is 1. The molecule has 2 aromatic carbocycles. The minimum Gasteiger partial charge on any atom is -0.366 e. The van der Waals surface area contributed by atoms with E-state index in [9.17, 15) is 4.79 Å². The number of nitrogens with zero attached hydrogens (tertiary/aromatic N) is 2. The molecule has 3 aromatic rings. The summed E-state index contributed by atoms with van der Waals surface area (Å²) in [5, 5.41) is 6.13. The van der Waals surface area contributed by atoms with E-state index in [1.807, 2.05) is 48.5 Å². The van der Waals surface area contributed by atoms with Gasteiger partial charge in [-0.05, 0) is 24.0 Å². The van der Waals surface area contributed by atoms with E-state index in [2.05, 4.69) is 32.7 Å². The molecular formula is C21H22N4O. The third-order valence-electron chi connectivity index (χ3n) is 3.99. The van der Waals surface area contributed by atoms with Gasteiger partial charge in [0.2, 0.25) is 0 Å². The molecule has 132 valence electrons. The van der Waals surface area contributed by atoms with Gasteiger partial charge in [0.05, 0.1) is 0 Å². The van der Waals surface area contributed by atoms with Crippen molar-refractivity contribution >= 4 is 11.7 Å². The second-order valence-electron chi connectivity index (χ2n) is 5.97. The molecule has 26 heavy (non-hydrogen) atoms. The maximum atomic E-state index is 12.3. The zero-order valence-corrected chi connectivity index (χ0v) is 14.6. The summed E-state index contributed by atoms with van der Waals surface area (Å²) in [6.45, 7) is 1.26. The molecule has 0 aliphatic carbocycles. The van der Waals surface area contributed by atoms with Crippen LogP contribution in [-0.4, -0.2) is 22.4 Å². The van der Waals surface area contributed by atoms with Crippen LogP contribution in [0.2, 0.25) is 0 Å². The minimum absolute atomic E-state index is 0.178.